The Hall–Kier alpha value is -0.277. The van der Waals surface area contributed by atoms with Crippen LogP contribution in [-0.4, -0.2) is 11.6 Å². The van der Waals surface area contributed by atoms with Gasteiger partial charge in [-0.3, -0.25) is 0 Å². The number of rotatable bonds is 8. The van der Waals surface area contributed by atoms with E-state index in [0.717, 1.165) is 0 Å². The first-order valence-electron chi connectivity index (χ1n) is 10.7. The summed E-state index contributed by atoms with van der Waals surface area (Å²) in [6.07, 6.45) is 9.83. The van der Waals surface area contributed by atoms with Crippen LogP contribution in [0.25, 0.3) is 0 Å². The molecule has 0 radical (unpaired) electrons. The van der Waals surface area contributed by atoms with Crippen LogP contribution in [-0.2, 0) is 29.0 Å². The number of halogens is 2. The fourth-order valence-electron chi connectivity index (χ4n) is 4.46. The maximum Gasteiger partial charge on any atom is -0.147 e. The van der Waals surface area contributed by atoms with Crippen LogP contribution in [0.5, 0.6) is 0 Å². The van der Waals surface area contributed by atoms with E-state index in [9.17, 15) is 0 Å². The average Bonchev–Trinajstić information content (AvgIpc) is 3.36. The fraction of sp³-hybridized carbons (Fsp3) is 0.308. The van der Waals surface area contributed by atoms with Crippen LogP contribution in [0, 0.1) is 0 Å². The third-order valence-corrected chi connectivity index (χ3v) is 16.3. The van der Waals surface area contributed by atoms with Gasteiger partial charge in [0.1, 0.15) is 0 Å². The minimum Gasteiger partial charge on any atom is -0.147 e. The van der Waals surface area contributed by atoms with Gasteiger partial charge in [-0.05, 0) is 0 Å². The Kier molecular flexibility index (Phi) is 10.7. The predicted octanol–water partition coefficient (Wildman–Crippen LogP) is 8.60. The Bertz CT molecular complexity index is 890. The molecule has 0 fully saturated rings. The number of benzene rings is 2. The third-order valence-electron chi connectivity index (χ3n) is 5.80. The quantitative estimate of drug-likeness (QED) is 0.281. The van der Waals surface area contributed by atoms with Crippen LogP contribution in [0.4, 0.5) is 0 Å². The van der Waals surface area contributed by atoms with Gasteiger partial charge in [0.15, 0.2) is 0 Å². The number of allylic oxidation sites excluding steroid dienone is 4. The van der Waals surface area contributed by atoms with Crippen LogP contribution in [0.1, 0.15) is 50.7 Å². The molecule has 2 aromatic carbocycles. The smallest absolute Gasteiger partial charge is 0.147 e. The summed E-state index contributed by atoms with van der Waals surface area (Å²) >= 11 is -0.996. The van der Waals surface area contributed by atoms with Gasteiger partial charge in [-0.15, -0.1) is 24.8 Å². The van der Waals surface area contributed by atoms with Crippen molar-refractivity contribution >= 4 is 52.8 Å². The standard InChI is InChI=1S/2C13H14P.2ClH.Zr/c2*1-2-6-11-9-10-14-13(11)12-7-4-3-5-8-12;;;/h2*3-5,7-10H,2,6H2,1H3;2*1H;. The molecule has 2 heterocycles. The third kappa shape index (κ3) is 5.29. The van der Waals surface area contributed by atoms with E-state index in [1.807, 2.05) is 0 Å². The molecular weight excluding hydrogens is 536 g/mol. The summed E-state index contributed by atoms with van der Waals surface area (Å²) in [7, 11) is 3.00. The number of hydrogen-bond acceptors (Lipinski definition) is 0. The van der Waals surface area contributed by atoms with Gasteiger partial charge in [-0.1, -0.05) is 0 Å². The second kappa shape index (κ2) is 12.3. The zero-order valence-corrected chi connectivity index (χ0v) is 24.0. The summed E-state index contributed by atoms with van der Waals surface area (Å²) in [6.45, 7) is 4.65. The maximum atomic E-state index is 2.47. The topological polar surface area (TPSA) is 0 Å². The molecule has 0 aromatic heterocycles. The Morgan fingerprint density at radius 2 is 1.03 bits per heavy atom. The summed E-state index contributed by atoms with van der Waals surface area (Å²) in [5, 5.41) is 0. The van der Waals surface area contributed by atoms with E-state index in [4.69, 9.17) is 0 Å². The van der Waals surface area contributed by atoms with Crippen molar-refractivity contribution in [3.8, 4) is 0 Å². The Labute approximate surface area is 215 Å². The molecule has 2 atom stereocenters. The van der Waals surface area contributed by atoms with Crippen LogP contribution in [0.2, 0.25) is 0 Å². The summed E-state index contributed by atoms with van der Waals surface area (Å²) in [5.41, 5.74) is 6.48. The van der Waals surface area contributed by atoms with E-state index in [2.05, 4.69) is 98.3 Å². The molecule has 0 bridgehead atoms. The van der Waals surface area contributed by atoms with Gasteiger partial charge in [0.05, 0.1) is 0 Å². The molecule has 0 spiro atoms. The van der Waals surface area contributed by atoms with E-state index in [0.29, 0.717) is 0 Å². The molecule has 0 N–H and O–H groups in total. The molecular formula is C26H30Cl2P2Zr. The summed E-state index contributed by atoms with van der Waals surface area (Å²) < 4.78 is 0.489. The molecule has 2 aliphatic rings. The average molecular weight is 567 g/mol. The van der Waals surface area contributed by atoms with E-state index in [-0.39, 0.29) is 30.5 Å². The molecule has 4 rings (SSSR count). The van der Waals surface area contributed by atoms with E-state index in [1.165, 1.54) is 42.1 Å². The summed E-state index contributed by atoms with van der Waals surface area (Å²) in [6, 6.07) is 22.9. The SMILES string of the molecule is CCCC1=CC=P[C]1([Zr][C]1(c2ccccc2)P=CC=C1CCC)c1ccccc1.Cl.Cl. The Balaban J connectivity index is 0.00000171. The monoisotopic (exact) mass is 564 g/mol. The van der Waals surface area contributed by atoms with Crippen molar-refractivity contribution in [3.05, 3.63) is 95.1 Å². The van der Waals surface area contributed by atoms with Crippen LogP contribution in [0.3, 0.4) is 0 Å². The molecule has 0 saturated carbocycles. The zero-order chi connectivity index (χ0) is 20.2. The van der Waals surface area contributed by atoms with Crippen molar-refractivity contribution in [2.24, 2.45) is 0 Å². The van der Waals surface area contributed by atoms with Crippen molar-refractivity contribution < 1.29 is 23.2 Å². The second-order valence-electron chi connectivity index (χ2n) is 7.72. The summed E-state index contributed by atoms with van der Waals surface area (Å²) in [4.78, 5) is 0. The predicted molar refractivity (Wildman–Crippen MR) is 143 cm³/mol. The zero-order valence-electron chi connectivity index (χ0n) is 18.1. The van der Waals surface area contributed by atoms with Crippen molar-refractivity contribution in [3.63, 3.8) is 0 Å². The van der Waals surface area contributed by atoms with E-state index < -0.39 is 23.2 Å². The molecule has 162 valence electrons. The van der Waals surface area contributed by atoms with Crippen LogP contribution < -0.4 is 0 Å². The first-order valence-corrected chi connectivity index (χ1v) is 15.0. The van der Waals surface area contributed by atoms with Crippen molar-refractivity contribution in [2.75, 3.05) is 0 Å². The largest absolute Gasteiger partial charge is 0.147 e. The molecule has 31 heavy (non-hydrogen) atoms. The van der Waals surface area contributed by atoms with Crippen molar-refractivity contribution in [2.45, 2.75) is 45.3 Å². The minimum absolute atomic E-state index is 0. The second-order valence-corrected chi connectivity index (χ2v) is 16.5. The molecule has 2 unspecified atom stereocenters. The van der Waals surface area contributed by atoms with E-state index >= 15 is 0 Å². The maximum absolute atomic E-state index is 2.47. The molecule has 2 aliphatic heterocycles. The van der Waals surface area contributed by atoms with Gasteiger partial charge in [0.25, 0.3) is 0 Å². The summed E-state index contributed by atoms with van der Waals surface area (Å²) in [5.74, 6) is 4.88. The van der Waals surface area contributed by atoms with Gasteiger partial charge in [0, 0.05) is 0 Å². The van der Waals surface area contributed by atoms with Gasteiger partial charge in [-0.25, -0.2) is 0 Å². The van der Waals surface area contributed by atoms with Gasteiger partial charge in [0.2, 0.25) is 0 Å². The van der Waals surface area contributed by atoms with Gasteiger partial charge >= 0.3 is 192 Å². The molecule has 0 nitrogen and oxygen atoms in total. The fourth-order valence-corrected chi connectivity index (χ4v) is 16.0. The first kappa shape index (κ1) is 27.0. The van der Waals surface area contributed by atoms with Gasteiger partial charge in [-0.2, -0.15) is 0 Å². The molecule has 0 amide bonds. The molecule has 2 aromatic rings. The normalized spacial score (nSPS) is 24.6. The Morgan fingerprint density at radius 3 is 1.39 bits per heavy atom. The first-order chi connectivity index (χ1) is 14.2. The molecule has 5 heteroatoms. The van der Waals surface area contributed by atoms with Crippen molar-refractivity contribution in [1.82, 2.24) is 0 Å². The van der Waals surface area contributed by atoms with Crippen LogP contribution >= 0.6 is 41.2 Å². The van der Waals surface area contributed by atoms with Crippen LogP contribution in [0.15, 0.2) is 84.0 Å². The van der Waals surface area contributed by atoms with Crippen molar-refractivity contribution in [1.29, 1.82) is 0 Å². The number of hydrogen-bond donors (Lipinski definition) is 0. The van der Waals surface area contributed by atoms with Gasteiger partial charge < -0.3 is 0 Å². The molecule has 0 aliphatic carbocycles. The molecule has 0 saturated heterocycles. The van der Waals surface area contributed by atoms with E-state index in [1.54, 1.807) is 22.3 Å². The Morgan fingerprint density at radius 1 is 0.645 bits per heavy atom. The minimum atomic E-state index is -0.996.